The van der Waals surface area contributed by atoms with E-state index in [1.54, 1.807) is 6.20 Å². The molecule has 0 aliphatic carbocycles. The summed E-state index contributed by atoms with van der Waals surface area (Å²) >= 11 is 0. The van der Waals surface area contributed by atoms with Crippen LogP contribution in [0, 0.1) is 18.3 Å². The van der Waals surface area contributed by atoms with Gasteiger partial charge < -0.3 is 15.0 Å². The van der Waals surface area contributed by atoms with Crippen LogP contribution in [0.5, 0.6) is 0 Å². The van der Waals surface area contributed by atoms with Crippen LogP contribution < -0.4 is 5.73 Å². The molecular formula is C17H21N4P. The minimum Gasteiger partial charge on any atom is -0.398 e. The molecule has 2 aromatic rings. The first kappa shape index (κ1) is 16.1. The van der Waals surface area contributed by atoms with Gasteiger partial charge in [0.2, 0.25) is 0 Å². The van der Waals surface area contributed by atoms with Crippen LogP contribution in [-0.2, 0) is 0 Å². The molecule has 0 saturated heterocycles. The van der Waals surface area contributed by atoms with Crippen LogP contribution in [0.4, 0.5) is 5.69 Å². The van der Waals surface area contributed by atoms with E-state index in [-0.39, 0.29) is 0 Å². The van der Waals surface area contributed by atoms with Crippen LogP contribution in [0.15, 0.2) is 36.6 Å². The van der Waals surface area contributed by atoms with Gasteiger partial charge in [-0.2, -0.15) is 5.26 Å². The fraction of sp³-hybridized carbons (Fsp3) is 0.235. The lowest BCUT2D eigenvalue weighted by molar-refractivity contribution is 0.562. The molecule has 1 aromatic heterocycles. The number of benzene rings is 1. The van der Waals surface area contributed by atoms with Crippen molar-refractivity contribution in [2.75, 3.05) is 26.5 Å². The molecule has 0 aliphatic rings. The minimum atomic E-state index is 0.533. The van der Waals surface area contributed by atoms with E-state index in [1.807, 2.05) is 32.0 Å². The quantitative estimate of drug-likeness (QED) is 0.406. The highest BCUT2D eigenvalue weighted by Crippen LogP contribution is 2.34. The molecule has 1 atom stereocenters. The van der Waals surface area contributed by atoms with Gasteiger partial charge in [0.05, 0.1) is 16.8 Å². The predicted octanol–water partition coefficient (Wildman–Crippen LogP) is 3.59. The van der Waals surface area contributed by atoms with E-state index in [0.717, 1.165) is 33.4 Å². The third kappa shape index (κ3) is 2.86. The first-order chi connectivity index (χ1) is 10.4. The summed E-state index contributed by atoms with van der Waals surface area (Å²) in [5, 5.41) is 10.5. The Bertz CT molecular complexity index is 806. The number of hydrogen-bond donors (Lipinski definition) is 1. The topological polar surface area (TPSA) is 58.0 Å². The zero-order valence-corrected chi connectivity index (χ0v) is 14.4. The van der Waals surface area contributed by atoms with Crippen molar-refractivity contribution in [3.8, 4) is 6.07 Å². The van der Waals surface area contributed by atoms with E-state index in [9.17, 15) is 5.26 Å². The molecule has 0 saturated carbocycles. The van der Waals surface area contributed by atoms with Gasteiger partial charge in [-0.3, -0.25) is 0 Å². The van der Waals surface area contributed by atoms with Crippen molar-refractivity contribution in [3.63, 3.8) is 0 Å². The van der Waals surface area contributed by atoms with E-state index < -0.39 is 0 Å². The largest absolute Gasteiger partial charge is 0.398 e. The number of rotatable bonds is 4. The van der Waals surface area contributed by atoms with Gasteiger partial charge in [-0.05, 0) is 46.1 Å². The van der Waals surface area contributed by atoms with Crippen molar-refractivity contribution >= 4 is 30.9 Å². The van der Waals surface area contributed by atoms with E-state index in [0.29, 0.717) is 14.3 Å². The molecule has 4 nitrogen and oxygen atoms in total. The third-order valence-corrected chi connectivity index (χ3v) is 4.48. The van der Waals surface area contributed by atoms with E-state index in [2.05, 4.69) is 35.8 Å². The second-order valence-corrected chi connectivity index (χ2v) is 6.35. The minimum absolute atomic E-state index is 0.533. The summed E-state index contributed by atoms with van der Waals surface area (Å²) in [6.07, 6.45) is 1.79. The highest BCUT2D eigenvalue weighted by Gasteiger charge is 2.15. The number of aromatic nitrogens is 1. The fourth-order valence-corrected chi connectivity index (χ4v) is 3.29. The predicted molar refractivity (Wildman–Crippen MR) is 97.1 cm³/mol. The smallest absolute Gasteiger partial charge is 0.101 e. The van der Waals surface area contributed by atoms with Crippen molar-refractivity contribution in [1.82, 2.24) is 9.24 Å². The lowest BCUT2D eigenvalue weighted by Gasteiger charge is -2.12. The Kier molecular flexibility index (Phi) is 4.59. The molecule has 0 amide bonds. The van der Waals surface area contributed by atoms with Crippen LogP contribution in [-0.4, -0.2) is 30.0 Å². The number of nitrogen functional groups attached to an aromatic ring is 1. The number of aryl methyl sites for hydroxylation is 1. The maximum absolute atomic E-state index is 9.40. The summed E-state index contributed by atoms with van der Waals surface area (Å²) in [6.45, 7) is 8.24. The molecule has 2 N–H and O–H groups in total. The van der Waals surface area contributed by atoms with E-state index >= 15 is 0 Å². The molecule has 0 radical (unpaired) electrons. The monoisotopic (exact) mass is 312 g/mol. The molecule has 5 heteroatoms. The molecule has 114 valence electrons. The average molecular weight is 312 g/mol. The second kappa shape index (κ2) is 6.25. The summed E-state index contributed by atoms with van der Waals surface area (Å²) in [5.74, 6) is 0. The van der Waals surface area contributed by atoms with Gasteiger partial charge in [-0.15, -0.1) is 0 Å². The Morgan fingerprint density at radius 3 is 2.64 bits per heavy atom. The van der Waals surface area contributed by atoms with E-state index in [4.69, 9.17) is 5.73 Å². The van der Waals surface area contributed by atoms with Gasteiger partial charge in [0.25, 0.3) is 0 Å². The normalized spacial score (nSPS) is 12.0. The van der Waals surface area contributed by atoms with Crippen LogP contribution in [0.25, 0.3) is 16.5 Å². The van der Waals surface area contributed by atoms with Crippen LogP contribution >= 0.6 is 8.73 Å². The Labute approximate surface area is 133 Å². The van der Waals surface area contributed by atoms with Crippen molar-refractivity contribution in [2.24, 2.45) is 0 Å². The van der Waals surface area contributed by atoms with Crippen molar-refractivity contribution in [2.45, 2.75) is 6.92 Å². The summed E-state index contributed by atoms with van der Waals surface area (Å²) in [7, 11) is 4.32. The molecule has 0 spiro atoms. The third-order valence-electron chi connectivity index (χ3n) is 3.56. The fourth-order valence-electron chi connectivity index (χ4n) is 2.42. The van der Waals surface area contributed by atoms with Crippen LogP contribution in [0.2, 0.25) is 0 Å². The first-order valence-electron chi connectivity index (χ1n) is 6.96. The lowest BCUT2D eigenvalue weighted by Crippen LogP contribution is -2.04. The SMILES string of the molecule is C=C(/C(C#N)=C/N(C)C)c1cc2cc(C)c(N)cc2n1PC. The Morgan fingerprint density at radius 1 is 1.41 bits per heavy atom. The lowest BCUT2D eigenvalue weighted by atomic mass is 10.1. The van der Waals surface area contributed by atoms with Gasteiger partial charge >= 0.3 is 0 Å². The number of nitrogens with zero attached hydrogens (tertiary/aromatic N) is 3. The highest BCUT2D eigenvalue weighted by molar-refractivity contribution is 7.35. The number of allylic oxidation sites excluding steroid dienone is 2. The average Bonchev–Trinajstić information content (AvgIpc) is 2.81. The second-order valence-electron chi connectivity index (χ2n) is 5.45. The number of anilines is 1. The molecule has 0 aliphatic heterocycles. The maximum atomic E-state index is 9.40. The van der Waals surface area contributed by atoms with Gasteiger partial charge in [0, 0.05) is 36.9 Å². The Morgan fingerprint density at radius 2 is 2.09 bits per heavy atom. The number of fused-ring (bicyclic) bond motifs is 1. The van der Waals surface area contributed by atoms with Crippen molar-refractivity contribution in [3.05, 3.63) is 47.8 Å². The molecule has 1 heterocycles. The van der Waals surface area contributed by atoms with Gasteiger partial charge in [-0.1, -0.05) is 6.58 Å². The zero-order chi connectivity index (χ0) is 16.4. The summed E-state index contributed by atoms with van der Waals surface area (Å²) in [4.78, 5) is 1.85. The molecule has 2 rings (SSSR count). The summed E-state index contributed by atoms with van der Waals surface area (Å²) in [5.41, 5.74) is 11.2. The highest BCUT2D eigenvalue weighted by atomic mass is 31.1. The van der Waals surface area contributed by atoms with Crippen molar-refractivity contribution < 1.29 is 0 Å². The number of nitrogens with two attached hydrogens (primary N) is 1. The molecule has 1 unspecified atom stereocenters. The summed E-state index contributed by atoms with van der Waals surface area (Å²) < 4.78 is 2.17. The van der Waals surface area contributed by atoms with Gasteiger partial charge in [0.15, 0.2) is 0 Å². The van der Waals surface area contributed by atoms with Crippen LogP contribution in [0.3, 0.4) is 0 Å². The molecule has 22 heavy (non-hydrogen) atoms. The standard InChI is InChI=1S/C17H21N4P/c1-11-6-13-7-16(12(2)14(9-18)10-20(3)4)21(22-5)17(13)8-15(11)19/h6-8,10,22H,2,19H2,1,3-5H3/b14-10+. The van der Waals surface area contributed by atoms with Gasteiger partial charge in [0.1, 0.15) is 6.07 Å². The number of nitriles is 1. The first-order valence-corrected chi connectivity index (χ1v) is 8.41. The molecular weight excluding hydrogens is 291 g/mol. The zero-order valence-electron chi connectivity index (χ0n) is 13.4. The maximum Gasteiger partial charge on any atom is 0.101 e. The molecule has 0 bridgehead atoms. The summed E-state index contributed by atoms with van der Waals surface area (Å²) in [6, 6.07) is 8.40. The van der Waals surface area contributed by atoms with Crippen LogP contribution in [0.1, 0.15) is 11.3 Å². The number of hydrogen-bond acceptors (Lipinski definition) is 3. The van der Waals surface area contributed by atoms with Crippen molar-refractivity contribution in [1.29, 1.82) is 5.26 Å². The Hall–Kier alpha value is -2.24. The molecule has 0 fully saturated rings. The van der Waals surface area contributed by atoms with E-state index in [1.165, 1.54) is 0 Å². The Balaban J connectivity index is 2.65. The van der Waals surface area contributed by atoms with Gasteiger partial charge in [-0.25, -0.2) is 0 Å². The molecule has 1 aromatic carbocycles.